The molecule has 0 atom stereocenters. The third-order valence-electron chi connectivity index (χ3n) is 5.08. The van der Waals surface area contributed by atoms with E-state index < -0.39 is 23.8 Å². The minimum absolute atomic E-state index is 0.0609. The number of carbonyl (C=O) groups excluding carboxylic acids is 1. The molecule has 0 saturated heterocycles. The van der Waals surface area contributed by atoms with E-state index in [4.69, 9.17) is 0 Å². The number of rotatable bonds is 6. The summed E-state index contributed by atoms with van der Waals surface area (Å²) in [4.78, 5) is 17.0. The first-order valence-corrected chi connectivity index (χ1v) is 10.5. The van der Waals surface area contributed by atoms with Gasteiger partial charge in [-0.05, 0) is 44.1 Å². The topological polar surface area (TPSA) is 59.8 Å². The minimum Gasteiger partial charge on any atom is -0.321 e. The molecule has 1 aliphatic carbocycles. The molecule has 1 saturated carbocycles. The lowest BCUT2D eigenvalue weighted by Gasteiger charge is -2.28. The van der Waals surface area contributed by atoms with Gasteiger partial charge in [0.1, 0.15) is 5.69 Å². The van der Waals surface area contributed by atoms with E-state index in [0.29, 0.717) is 10.7 Å². The van der Waals surface area contributed by atoms with Gasteiger partial charge in [-0.2, -0.15) is 5.10 Å². The summed E-state index contributed by atoms with van der Waals surface area (Å²) in [5.41, 5.74) is -0.164. The average Bonchev–Trinajstić information content (AvgIpc) is 2.99. The molecule has 29 heavy (non-hydrogen) atoms. The second-order valence-corrected chi connectivity index (χ2v) is 8.00. The van der Waals surface area contributed by atoms with Crippen molar-refractivity contribution in [2.24, 2.45) is 5.92 Å². The van der Waals surface area contributed by atoms with Gasteiger partial charge in [0.05, 0.1) is 16.3 Å². The van der Waals surface area contributed by atoms with Crippen molar-refractivity contribution in [2.75, 3.05) is 11.6 Å². The first kappa shape index (κ1) is 21.6. The number of nitrogens with zero attached hydrogens (tertiary/aromatic N) is 3. The molecule has 10 heteroatoms. The molecule has 5 nitrogen and oxygen atoms in total. The summed E-state index contributed by atoms with van der Waals surface area (Å²) in [5.74, 6) is -3.53. The minimum atomic E-state index is -2.88. The lowest BCUT2D eigenvalue weighted by Crippen LogP contribution is -2.28. The first-order valence-electron chi connectivity index (χ1n) is 9.25. The fourth-order valence-corrected chi connectivity index (χ4v) is 3.96. The number of hydrogen-bond donors (Lipinski definition) is 1. The van der Waals surface area contributed by atoms with Crippen LogP contribution in [0.25, 0.3) is 0 Å². The Kier molecular flexibility index (Phi) is 6.50. The van der Waals surface area contributed by atoms with Crippen LogP contribution in [-0.4, -0.2) is 32.8 Å². The highest BCUT2D eigenvalue weighted by atomic mass is 32.2. The van der Waals surface area contributed by atoms with Gasteiger partial charge in [-0.3, -0.25) is 9.48 Å². The molecule has 158 valence electrons. The third kappa shape index (κ3) is 5.09. The van der Waals surface area contributed by atoms with Crippen molar-refractivity contribution in [3.8, 4) is 0 Å². The fraction of sp³-hybridized carbons (Fsp3) is 0.526. The van der Waals surface area contributed by atoms with Gasteiger partial charge < -0.3 is 5.32 Å². The van der Waals surface area contributed by atoms with Crippen LogP contribution in [0.2, 0.25) is 0 Å². The Morgan fingerprint density at radius 3 is 2.69 bits per heavy atom. The smallest absolute Gasteiger partial charge is 0.274 e. The second kappa shape index (κ2) is 8.73. The predicted octanol–water partition coefficient (Wildman–Crippen LogP) is 5.32. The first-order chi connectivity index (χ1) is 13.7. The van der Waals surface area contributed by atoms with Gasteiger partial charge in [0.25, 0.3) is 12.3 Å². The van der Waals surface area contributed by atoms with Crippen LogP contribution in [0.3, 0.4) is 0 Å². The molecular formula is C19H22F4N4OS. The Labute approximate surface area is 170 Å². The van der Waals surface area contributed by atoms with Crippen LogP contribution in [0, 0.1) is 12.8 Å². The lowest BCUT2D eigenvalue weighted by atomic mass is 9.87. The van der Waals surface area contributed by atoms with Crippen LogP contribution in [0.4, 0.5) is 23.2 Å². The zero-order valence-electron chi connectivity index (χ0n) is 16.1. The van der Waals surface area contributed by atoms with Crippen molar-refractivity contribution < 1.29 is 22.4 Å². The largest absolute Gasteiger partial charge is 0.321 e. The van der Waals surface area contributed by atoms with Crippen molar-refractivity contribution in [1.29, 1.82) is 0 Å². The van der Waals surface area contributed by atoms with Crippen LogP contribution < -0.4 is 5.32 Å². The van der Waals surface area contributed by atoms with Gasteiger partial charge in [0.15, 0.2) is 0 Å². The van der Waals surface area contributed by atoms with Crippen molar-refractivity contribution in [1.82, 2.24) is 14.8 Å². The molecule has 0 radical (unpaired) electrons. The molecule has 3 rings (SSSR count). The van der Waals surface area contributed by atoms with E-state index in [1.807, 2.05) is 6.26 Å². The zero-order chi connectivity index (χ0) is 21.2. The van der Waals surface area contributed by atoms with Gasteiger partial charge >= 0.3 is 0 Å². The summed E-state index contributed by atoms with van der Waals surface area (Å²) in [5, 5.41) is 7.43. The zero-order valence-corrected chi connectivity index (χ0v) is 16.9. The Hall–Kier alpha value is -2.10. The van der Waals surface area contributed by atoms with Gasteiger partial charge in [-0.15, -0.1) is 11.8 Å². The molecular weight excluding hydrogens is 408 g/mol. The number of carbonyl (C=O) groups is 1. The number of thioether (sulfide) groups is 1. The quantitative estimate of drug-likeness (QED) is 0.498. The highest BCUT2D eigenvalue weighted by molar-refractivity contribution is 7.98. The summed E-state index contributed by atoms with van der Waals surface area (Å²) in [6.45, 7) is 1.57. The maximum atomic E-state index is 13.7. The van der Waals surface area contributed by atoms with Gasteiger partial charge in [-0.25, -0.2) is 22.5 Å². The van der Waals surface area contributed by atoms with Crippen LogP contribution in [0.1, 0.15) is 53.9 Å². The standard InChI is InChI=1S/C19H22F4N4OS/c1-11-15(17(20)21)16(18(28)25-13-5-8-24-14(9-13)29-2)27(26-11)10-12-3-6-19(22,23)7-4-12/h5,8-9,12,17H,3-4,6-7,10H2,1-2H3,(H,24,25,28). The number of aromatic nitrogens is 3. The number of aryl methyl sites for hydroxylation is 1. The molecule has 0 spiro atoms. The molecule has 0 aliphatic heterocycles. The molecule has 2 aromatic heterocycles. The molecule has 1 N–H and O–H groups in total. The van der Waals surface area contributed by atoms with E-state index in [1.54, 1.807) is 12.1 Å². The normalized spacial score (nSPS) is 16.9. The van der Waals surface area contributed by atoms with Crippen LogP contribution in [-0.2, 0) is 6.54 Å². The van der Waals surface area contributed by atoms with E-state index in [9.17, 15) is 22.4 Å². The van der Waals surface area contributed by atoms with Crippen molar-refractivity contribution in [3.63, 3.8) is 0 Å². The summed E-state index contributed by atoms with van der Waals surface area (Å²) >= 11 is 1.38. The maximum absolute atomic E-state index is 13.7. The lowest BCUT2D eigenvalue weighted by molar-refractivity contribution is -0.0477. The second-order valence-electron chi connectivity index (χ2n) is 7.17. The van der Waals surface area contributed by atoms with E-state index in [0.717, 1.165) is 0 Å². The summed E-state index contributed by atoms with van der Waals surface area (Å²) in [7, 11) is 0. The van der Waals surface area contributed by atoms with Crippen molar-refractivity contribution in [3.05, 3.63) is 35.3 Å². The monoisotopic (exact) mass is 430 g/mol. The van der Waals surface area contributed by atoms with Crippen LogP contribution >= 0.6 is 11.8 Å². The highest BCUT2D eigenvalue weighted by Crippen LogP contribution is 2.37. The third-order valence-corrected chi connectivity index (χ3v) is 5.72. The Balaban J connectivity index is 1.86. The average molecular weight is 430 g/mol. The molecule has 1 amide bonds. The van der Waals surface area contributed by atoms with E-state index in [2.05, 4.69) is 15.4 Å². The summed E-state index contributed by atoms with van der Waals surface area (Å²) in [6.07, 6.45) is 0.511. The number of halogens is 4. The van der Waals surface area contributed by atoms with Crippen LogP contribution in [0.5, 0.6) is 0 Å². The van der Waals surface area contributed by atoms with E-state index in [1.165, 1.54) is 29.6 Å². The molecule has 0 unspecified atom stereocenters. The molecule has 1 fully saturated rings. The molecule has 2 heterocycles. The number of amides is 1. The molecule has 0 bridgehead atoms. The number of pyridine rings is 1. The molecule has 1 aliphatic rings. The van der Waals surface area contributed by atoms with Crippen molar-refractivity contribution in [2.45, 2.75) is 56.5 Å². The Morgan fingerprint density at radius 1 is 1.38 bits per heavy atom. The maximum Gasteiger partial charge on any atom is 0.274 e. The number of alkyl halides is 4. The van der Waals surface area contributed by atoms with Gasteiger partial charge in [0.2, 0.25) is 5.92 Å². The highest BCUT2D eigenvalue weighted by Gasteiger charge is 2.36. The Bertz CT molecular complexity index is 877. The Morgan fingerprint density at radius 2 is 2.07 bits per heavy atom. The SMILES string of the molecule is CSc1cc(NC(=O)c2c(C(F)F)c(C)nn2CC2CCC(F)(F)CC2)ccn1. The van der Waals surface area contributed by atoms with Gasteiger partial charge in [0, 0.05) is 31.3 Å². The fourth-order valence-electron chi connectivity index (χ4n) is 3.54. The summed E-state index contributed by atoms with van der Waals surface area (Å²) < 4.78 is 55.4. The van der Waals surface area contributed by atoms with Crippen molar-refractivity contribution >= 4 is 23.4 Å². The summed E-state index contributed by atoms with van der Waals surface area (Å²) in [6, 6.07) is 3.21. The number of nitrogens with one attached hydrogen (secondary N) is 1. The van der Waals surface area contributed by atoms with Gasteiger partial charge in [-0.1, -0.05) is 0 Å². The predicted molar refractivity (Wildman–Crippen MR) is 103 cm³/mol. The number of anilines is 1. The molecule has 0 aromatic carbocycles. The molecule has 2 aromatic rings. The van der Waals surface area contributed by atoms with Crippen LogP contribution in [0.15, 0.2) is 23.4 Å². The van der Waals surface area contributed by atoms with E-state index >= 15 is 0 Å². The van der Waals surface area contributed by atoms with E-state index in [-0.39, 0.29) is 49.5 Å². The number of hydrogen-bond acceptors (Lipinski definition) is 4.